The molecule has 0 spiro atoms. The number of carbonyl (C=O) groups is 3. The molecule has 1 heterocycles. The number of ether oxygens (including phenoxy) is 1. The standard InChI is InChI=1S/C19H22ClN3O4/c1-10-17(19(26)27-5)14(22-18(10)11(2)24)9-16(25)21-13-8-12(20)6-7-15(13)23(3)4/h6-8,22H,9H2,1-5H3,(H,21,25). The summed E-state index contributed by atoms with van der Waals surface area (Å²) >= 11 is 6.04. The molecule has 1 aromatic heterocycles. The van der Waals surface area contributed by atoms with E-state index in [0.29, 0.717) is 22.0 Å². The lowest BCUT2D eigenvalue weighted by atomic mass is 10.1. The van der Waals surface area contributed by atoms with Crippen molar-refractivity contribution in [2.75, 3.05) is 31.4 Å². The Morgan fingerprint density at radius 3 is 2.48 bits per heavy atom. The molecule has 0 unspecified atom stereocenters. The van der Waals surface area contributed by atoms with Crippen molar-refractivity contribution in [1.82, 2.24) is 4.98 Å². The van der Waals surface area contributed by atoms with Crippen LogP contribution in [-0.4, -0.2) is 43.8 Å². The van der Waals surface area contributed by atoms with Gasteiger partial charge in [0.2, 0.25) is 5.91 Å². The highest BCUT2D eigenvalue weighted by molar-refractivity contribution is 6.31. The zero-order valence-corrected chi connectivity index (χ0v) is 16.7. The molecule has 2 aromatic rings. The van der Waals surface area contributed by atoms with Crippen LogP contribution in [0.15, 0.2) is 18.2 Å². The van der Waals surface area contributed by atoms with Crippen LogP contribution in [0.1, 0.15) is 39.0 Å². The van der Waals surface area contributed by atoms with E-state index in [9.17, 15) is 14.4 Å². The number of carbonyl (C=O) groups excluding carboxylic acids is 3. The normalized spacial score (nSPS) is 10.4. The van der Waals surface area contributed by atoms with E-state index < -0.39 is 5.97 Å². The van der Waals surface area contributed by atoms with Gasteiger partial charge in [-0.2, -0.15) is 0 Å². The molecule has 0 fully saturated rings. The second-order valence-corrected chi connectivity index (χ2v) is 6.74. The predicted molar refractivity (Wildman–Crippen MR) is 105 cm³/mol. The van der Waals surface area contributed by atoms with Gasteiger partial charge < -0.3 is 19.9 Å². The first-order valence-corrected chi connectivity index (χ1v) is 8.60. The number of hydrogen-bond donors (Lipinski definition) is 2. The van der Waals surface area contributed by atoms with Crippen LogP contribution in [0.25, 0.3) is 0 Å². The molecule has 27 heavy (non-hydrogen) atoms. The predicted octanol–water partition coefficient (Wildman–Crippen LogP) is 3.21. The van der Waals surface area contributed by atoms with Crippen LogP contribution in [0.2, 0.25) is 5.02 Å². The van der Waals surface area contributed by atoms with E-state index in [4.69, 9.17) is 16.3 Å². The number of Topliss-reactive ketones (excluding diaryl/α,β-unsaturated/α-hetero) is 1. The molecule has 0 bridgehead atoms. The zero-order chi connectivity index (χ0) is 20.3. The molecule has 0 aliphatic rings. The zero-order valence-electron chi connectivity index (χ0n) is 15.9. The molecular formula is C19H22ClN3O4. The lowest BCUT2D eigenvalue weighted by Crippen LogP contribution is -2.19. The number of esters is 1. The molecule has 2 rings (SSSR count). The number of aromatic nitrogens is 1. The van der Waals surface area contributed by atoms with Crippen LogP contribution < -0.4 is 10.2 Å². The Morgan fingerprint density at radius 2 is 1.93 bits per heavy atom. The third-order valence-electron chi connectivity index (χ3n) is 4.12. The highest BCUT2D eigenvalue weighted by atomic mass is 35.5. The Labute approximate surface area is 162 Å². The molecule has 8 heteroatoms. The smallest absolute Gasteiger partial charge is 0.339 e. The number of rotatable bonds is 6. The quantitative estimate of drug-likeness (QED) is 0.582. The number of anilines is 2. The molecule has 144 valence electrons. The third kappa shape index (κ3) is 4.49. The van der Waals surface area contributed by atoms with E-state index in [1.165, 1.54) is 14.0 Å². The molecule has 1 aromatic carbocycles. The summed E-state index contributed by atoms with van der Waals surface area (Å²) in [4.78, 5) is 41.2. The van der Waals surface area contributed by atoms with Crippen molar-refractivity contribution in [2.45, 2.75) is 20.3 Å². The summed E-state index contributed by atoms with van der Waals surface area (Å²) in [5.41, 5.74) is 2.62. The van der Waals surface area contributed by atoms with E-state index in [-0.39, 0.29) is 29.4 Å². The van der Waals surface area contributed by atoms with Gasteiger partial charge in [-0.15, -0.1) is 0 Å². The van der Waals surface area contributed by atoms with Crippen molar-refractivity contribution in [3.05, 3.63) is 45.7 Å². The van der Waals surface area contributed by atoms with Crippen LogP contribution in [0.5, 0.6) is 0 Å². The van der Waals surface area contributed by atoms with Gasteiger partial charge in [0.25, 0.3) is 0 Å². The van der Waals surface area contributed by atoms with Gasteiger partial charge in [0.1, 0.15) is 0 Å². The fraction of sp³-hybridized carbons (Fsp3) is 0.316. The second kappa shape index (κ2) is 8.26. The van der Waals surface area contributed by atoms with Crippen molar-refractivity contribution in [3.63, 3.8) is 0 Å². The lowest BCUT2D eigenvalue weighted by Gasteiger charge is -2.18. The van der Waals surface area contributed by atoms with Gasteiger partial charge >= 0.3 is 5.97 Å². The minimum absolute atomic E-state index is 0.127. The van der Waals surface area contributed by atoms with Gasteiger partial charge in [0.15, 0.2) is 5.78 Å². The Morgan fingerprint density at radius 1 is 1.26 bits per heavy atom. The van der Waals surface area contributed by atoms with Crippen molar-refractivity contribution in [3.8, 4) is 0 Å². The molecule has 0 atom stereocenters. The number of benzene rings is 1. The lowest BCUT2D eigenvalue weighted by molar-refractivity contribution is -0.115. The topological polar surface area (TPSA) is 91.5 Å². The maximum Gasteiger partial charge on any atom is 0.339 e. The molecule has 0 saturated heterocycles. The van der Waals surface area contributed by atoms with Crippen molar-refractivity contribution in [1.29, 1.82) is 0 Å². The summed E-state index contributed by atoms with van der Waals surface area (Å²) in [6.07, 6.45) is -0.127. The Balaban J connectivity index is 2.34. The monoisotopic (exact) mass is 391 g/mol. The number of halogens is 1. The summed E-state index contributed by atoms with van der Waals surface area (Å²) in [7, 11) is 4.95. The molecule has 0 aliphatic carbocycles. The molecule has 2 N–H and O–H groups in total. The van der Waals surface area contributed by atoms with Gasteiger partial charge in [-0.05, 0) is 30.7 Å². The number of methoxy groups -OCH3 is 1. The van der Waals surface area contributed by atoms with Crippen LogP contribution in [0, 0.1) is 6.92 Å². The van der Waals surface area contributed by atoms with Crippen LogP contribution in [0.3, 0.4) is 0 Å². The van der Waals surface area contributed by atoms with Crippen LogP contribution >= 0.6 is 11.6 Å². The van der Waals surface area contributed by atoms with Gasteiger partial charge in [-0.1, -0.05) is 11.6 Å². The summed E-state index contributed by atoms with van der Waals surface area (Å²) < 4.78 is 4.79. The number of aromatic amines is 1. The summed E-state index contributed by atoms with van der Waals surface area (Å²) in [5, 5.41) is 3.29. The number of ketones is 1. The number of nitrogens with one attached hydrogen (secondary N) is 2. The third-order valence-corrected chi connectivity index (χ3v) is 4.36. The van der Waals surface area contributed by atoms with Gasteiger partial charge in [-0.3, -0.25) is 9.59 Å². The Bertz CT molecular complexity index is 903. The number of H-pyrrole nitrogens is 1. The van der Waals surface area contributed by atoms with Crippen LogP contribution in [0.4, 0.5) is 11.4 Å². The van der Waals surface area contributed by atoms with Gasteiger partial charge in [0, 0.05) is 31.7 Å². The van der Waals surface area contributed by atoms with E-state index in [1.54, 1.807) is 25.1 Å². The minimum Gasteiger partial charge on any atom is -0.465 e. The number of nitrogens with zero attached hydrogens (tertiary/aromatic N) is 1. The minimum atomic E-state index is -0.601. The Kier molecular flexibility index (Phi) is 6.28. The summed E-state index contributed by atoms with van der Waals surface area (Å²) in [6, 6.07) is 5.18. The highest BCUT2D eigenvalue weighted by Gasteiger charge is 2.24. The maximum absolute atomic E-state index is 12.6. The average Bonchev–Trinajstić information content (AvgIpc) is 2.90. The van der Waals surface area contributed by atoms with Gasteiger partial charge in [-0.25, -0.2) is 4.79 Å². The van der Waals surface area contributed by atoms with Crippen LogP contribution in [-0.2, 0) is 16.0 Å². The average molecular weight is 392 g/mol. The SMILES string of the molecule is COC(=O)c1c(CC(=O)Nc2cc(Cl)ccc2N(C)C)[nH]c(C(C)=O)c1C. The first kappa shape index (κ1) is 20.5. The highest BCUT2D eigenvalue weighted by Crippen LogP contribution is 2.28. The van der Waals surface area contributed by atoms with Gasteiger partial charge in [0.05, 0.1) is 36.2 Å². The molecule has 0 radical (unpaired) electrons. The van der Waals surface area contributed by atoms with E-state index >= 15 is 0 Å². The van der Waals surface area contributed by atoms with E-state index in [1.807, 2.05) is 19.0 Å². The number of hydrogen-bond acceptors (Lipinski definition) is 5. The molecule has 0 saturated carbocycles. The fourth-order valence-electron chi connectivity index (χ4n) is 2.87. The summed E-state index contributed by atoms with van der Waals surface area (Å²) in [6.45, 7) is 3.03. The fourth-order valence-corrected chi connectivity index (χ4v) is 3.05. The maximum atomic E-state index is 12.6. The molecule has 7 nitrogen and oxygen atoms in total. The molecule has 0 aliphatic heterocycles. The second-order valence-electron chi connectivity index (χ2n) is 6.31. The van der Waals surface area contributed by atoms with Crippen molar-refractivity contribution < 1.29 is 19.1 Å². The first-order valence-electron chi connectivity index (χ1n) is 8.23. The van der Waals surface area contributed by atoms with E-state index in [2.05, 4.69) is 10.3 Å². The molecule has 1 amide bonds. The van der Waals surface area contributed by atoms with Crippen molar-refractivity contribution >= 4 is 40.6 Å². The molecular weight excluding hydrogens is 370 g/mol. The van der Waals surface area contributed by atoms with E-state index in [0.717, 1.165) is 5.69 Å². The summed E-state index contributed by atoms with van der Waals surface area (Å²) in [5.74, 6) is -1.19. The first-order chi connectivity index (χ1) is 12.6. The largest absolute Gasteiger partial charge is 0.465 e. The van der Waals surface area contributed by atoms with Crippen molar-refractivity contribution in [2.24, 2.45) is 0 Å². The number of amides is 1. The Hall–Kier alpha value is -2.80.